The van der Waals surface area contributed by atoms with Gasteiger partial charge in [0.05, 0.1) is 35.9 Å². The van der Waals surface area contributed by atoms with Crippen LogP contribution < -0.4 is 20.7 Å². The van der Waals surface area contributed by atoms with Gasteiger partial charge in [0, 0.05) is 0 Å². The molecular formula is C17H16N4O5. The summed E-state index contributed by atoms with van der Waals surface area (Å²) in [6, 6.07) is 10.5. The van der Waals surface area contributed by atoms with E-state index in [0.29, 0.717) is 17.1 Å². The minimum Gasteiger partial charge on any atom is -0.496 e. The molecule has 0 saturated heterocycles. The van der Waals surface area contributed by atoms with Crippen LogP contribution in [0.25, 0.3) is 0 Å². The maximum absolute atomic E-state index is 12.3. The molecule has 0 aliphatic carbocycles. The SMILES string of the molecule is COc1ccc(NC(=O)C[C@H]2Nc3ccccc3NC2=O)c([N+](=O)[O-])c1. The lowest BCUT2D eigenvalue weighted by atomic mass is 10.1. The van der Waals surface area contributed by atoms with Crippen LogP contribution in [-0.4, -0.2) is 29.9 Å². The lowest BCUT2D eigenvalue weighted by Gasteiger charge is -2.26. The van der Waals surface area contributed by atoms with Crippen LogP contribution in [0.5, 0.6) is 5.75 Å². The van der Waals surface area contributed by atoms with E-state index in [1.54, 1.807) is 24.3 Å². The van der Waals surface area contributed by atoms with E-state index in [1.807, 2.05) is 0 Å². The molecule has 0 spiro atoms. The van der Waals surface area contributed by atoms with Gasteiger partial charge in [0.1, 0.15) is 17.5 Å². The third kappa shape index (κ3) is 3.56. The van der Waals surface area contributed by atoms with E-state index in [1.165, 1.54) is 25.3 Å². The number of methoxy groups -OCH3 is 1. The Balaban J connectivity index is 1.72. The molecule has 3 N–H and O–H groups in total. The van der Waals surface area contributed by atoms with E-state index in [9.17, 15) is 19.7 Å². The Morgan fingerprint density at radius 3 is 2.69 bits per heavy atom. The van der Waals surface area contributed by atoms with Gasteiger partial charge in [0.15, 0.2) is 0 Å². The zero-order valence-corrected chi connectivity index (χ0v) is 13.8. The third-order valence-electron chi connectivity index (χ3n) is 3.90. The molecule has 9 heteroatoms. The molecule has 0 bridgehead atoms. The number of carbonyl (C=O) groups excluding carboxylic acids is 2. The van der Waals surface area contributed by atoms with Crippen LogP contribution >= 0.6 is 0 Å². The van der Waals surface area contributed by atoms with Crippen molar-refractivity contribution >= 4 is 34.6 Å². The highest BCUT2D eigenvalue weighted by Gasteiger charge is 2.28. The molecule has 1 aliphatic heterocycles. The summed E-state index contributed by atoms with van der Waals surface area (Å²) in [6.07, 6.45) is -0.177. The number of benzene rings is 2. The van der Waals surface area contributed by atoms with Crippen molar-refractivity contribution in [2.75, 3.05) is 23.1 Å². The van der Waals surface area contributed by atoms with Gasteiger partial charge >= 0.3 is 0 Å². The largest absolute Gasteiger partial charge is 0.496 e. The Hall–Kier alpha value is -3.62. The Morgan fingerprint density at radius 2 is 2.00 bits per heavy atom. The second-order valence-electron chi connectivity index (χ2n) is 5.62. The molecule has 1 atom stereocenters. The van der Waals surface area contributed by atoms with Crippen molar-refractivity contribution in [1.82, 2.24) is 0 Å². The first kappa shape index (κ1) is 17.2. The number of carbonyl (C=O) groups is 2. The molecule has 0 aromatic heterocycles. The van der Waals surface area contributed by atoms with E-state index in [-0.39, 0.29) is 23.7 Å². The van der Waals surface area contributed by atoms with Crippen LogP contribution in [0.15, 0.2) is 42.5 Å². The molecule has 1 aliphatic rings. The summed E-state index contributed by atoms with van der Waals surface area (Å²) >= 11 is 0. The summed E-state index contributed by atoms with van der Waals surface area (Å²) in [5.74, 6) is -0.562. The van der Waals surface area contributed by atoms with Crippen LogP contribution in [0.2, 0.25) is 0 Å². The minimum atomic E-state index is -0.776. The highest BCUT2D eigenvalue weighted by atomic mass is 16.6. The first-order chi connectivity index (χ1) is 12.5. The highest BCUT2D eigenvalue weighted by molar-refractivity contribution is 6.06. The van der Waals surface area contributed by atoms with Crippen molar-refractivity contribution in [1.29, 1.82) is 0 Å². The van der Waals surface area contributed by atoms with Gasteiger partial charge in [-0.1, -0.05) is 12.1 Å². The number of nitrogens with zero attached hydrogens (tertiary/aromatic N) is 1. The average molecular weight is 356 g/mol. The summed E-state index contributed by atoms with van der Waals surface area (Å²) in [5.41, 5.74) is 1.10. The Morgan fingerprint density at radius 1 is 1.27 bits per heavy atom. The van der Waals surface area contributed by atoms with Crippen molar-refractivity contribution in [2.24, 2.45) is 0 Å². The summed E-state index contributed by atoms with van der Waals surface area (Å²) < 4.78 is 4.95. The van der Waals surface area contributed by atoms with Gasteiger partial charge in [-0.25, -0.2) is 0 Å². The third-order valence-corrected chi connectivity index (χ3v) is 3.90. The molecule has 0 fully saturated rings. The normalized spacial score (nSPS) is 15.3. The standard InChI is InChI=1S/C17H16N4O5/c1-26-10-6-7-13(15(8-10)21(24)25)19-16(22)9-14-17(23)20-12-5-3-2-4-11(12)18-14/h2-8,14,18H,9H2,1H3,(H,19,22)(H,20,23)/t14-/m1/s1. The van der Waals surface area contributed by atoms with Gasteiger partial charge in [0.2, 0.25) is 11.8 Å². The molecule has 2 amide bonds. The van der Waals surface area contributed by atoms with Crippen molar-refractivity contribution in [3.05, 3.63) is 52.6 Å². The number of hydrogen-bond donors (Lipinski definition) is 3. The van der Waals surface area contributed by atoms with Gasteiger partial charge in [0.25, 0.3) is 5.69 Å². The number of amides is 2. The summed E-state index contributed by atoms with van der Waals surface area (Å²) in [7, 11) is 1.39. The fourth-order valence-electron chi connectivity index (χ4n) is 2.62. The smallest absolute Gasteiger partial charge is 0.296 e. The van der Waals surface area contributed by atoms with E-state index in [0.717, 1.165) is 0 Å². The monoisotopic (exact) mass is 356 g/mol. The van der Waals surface area contributed by atoms with Gasteiger partial charge in [-0.3, -0.25) is 19.7 Å². The fraction of sp³-hybridized carbons (Fsp3) is 0.176. The lowest BCUT2D eigenvalue weighted by molar-refractivity contribution is -0.384. The van der Waals surface area contributed by atoms with Crippen molar-refractivity contribution in [3.63, 3.8) is 0 Å². The fourth-order valence-corrected chi connectivity index (χ4v) is 2.62. The van der Waals surface area contributed by atoms with E-state index >= 15 is 0 Å². The van der Waals surface area contributed by atoms with Crippen molar-refractivity contribution in [2.45, 2.75) is 12.5 Å². The predicted octanol–water partition coefficient (Wildman–Crippen LogP) is 2.36. The number of nitrogens with one attached hydrogen (secondary N) is 3. The van der Waals surface area contributed by atoms with E-state index in [4.69, 9.17) is 4.74 Å². The quantitative estimate of drug-likeness (QED) is 0.558. The molecule has 0 saturated carbocycles. The molecule has 0 radical (unpaired) electrons. The minimum absolute atomic E-state index is 0.0393. The molecule has 2 aromatic carbocycles. The Labute approximate surface area is 148 Å². The highest BCUT2D eigenvalue weighted by Crippen LogP contribution is 2.30. The molecule has 9 nitrogen and oxygen atoms in total. The second kappa shape index (κ2) is 7.09. The van der Waals surface area contributed by atoms with Crippen LogP contribution in [0, 0.1) is 10.1 Å². The molecule has 0 unspecified atom stereocenters. The lowest BCUT2D eigenvalue weighted by Crippen LogP contribution is -2.41. The zero-order chi connectivity index (χ0) is 18.7. The van der Waals surface area contributed by atoms with Gasteiger partial charge in [-0.2, -0.15) is 0 Å². The molecule has 2 aromatic rings. The topological polar surface area (TPSA) is 123 Å². The van der Waals surface area contributed by atoms with Crippen LogP contribution in [0.3, 0.4) is 0 Å². The van der Waals surface area contributed by atoms with Crippen LogP contribution in [0.4, 0.5) is 22.7 Å². The summed E-state index contributed by atoms with van der Waals surface area (Å²) in [4.78, 5) is 35.0. The Bertz CT molecular complexity index is 883. The number of hydrogen-bond acceptors (Lipinski definition) is 6. The molecule has 26 heavy (non-hydrogen) atoms. The zero-order valence-electron chi connectivity index (χ0n) is 13.8. The number of fused-ring (bicyclic) bond motifs is 1. The number of para-hydroxylation sites is 2. The van der Waals surface area contributed by atoms with Crippen molar-refractivity contribution < 1.29 is 19.2 Å². The number of ether oxygens (including phenoxy) is 1. The van der Waals surface area contributed by atoms with Gasteiger partial charge < -0.3 is 20.7 Å². The van der Waals surface area contributed by atoms with Crippen LogP contribution in [0.1, 0.15) is 6.42 Å². The number of nitro benzene ring substituents is 1. The average Bonchev–Trinajstić information content (AvgIpc) is 2.62. The van der Waals surface area contributed by atoms with E-state index < -0.39 is 16.9 Å². The van der Waals surface area contributed by atoms with E-state index in [2.05, 4.69) is 16.0 Å². The van der Waals surface area contributed by atoms with Gasteiger partial charge in [-0.15, -0.1) is 0 Å². The maximum atomic E-state index is 12.3. The number of anilines is 3. The predicted molar refractivity (Wildman–Crippen MR) is 95.4 cm³/mol. The summed E-state index contributed by atoms with van der Waals surface area (Å²) in [5, 5.41) is 19.4. The van der Waals surface area contributed by atoms with Crippen LogP contribution in [-0.2, 0) is 9.59 Å². The molecule has 1 heterocycles. The maximum Gasteiger partial charge on any atom is 0.296 e. The van der Waals surface area contributed by atoms with Gasteiger partial charge in [-0.05, 0) is 24.3 Å². The first-order valence-corrected chi connectivity index (χ1v) is 7.76. The second-order valence-corrected chi connectivity index (χ2v) is 5.62. The molecule has 134 valence electrons. The summed E-state index contributed by atoms with van der Waals surface area (Å²) in [6.45, 7) is 0. The molecule has 3 rings (SSSR count). The Kier molecular flexibility index (Phi) is 4.70. The number of rotatable bonds is 5. The molecular weight excluding hydrogens is 340 g/mol. The first-order valence-electron chi connectivity index (χ1n) is 7.76. The number of nitro groups is 1. The van der Waals surface area contributed by atoms with Crippen molar-refractivity contribution in [3.8, 4) is 5.75 Å².